The molecule has 0 fully saturated rings. The molecule has 0 aliphatic carbocycles. The number of benzene rings is 3. The van der Waals surface area contributed by atoms with Crippen molar-refractivity contribution in [3.63, 3.8) is 0 Å². The third-order valence-corrected chi connectivity index (χ3v) is 3.87. The molecule has 4 nitrogen and oxygen atoms in total. The molecule has 4 heteroatoms. The minimum Gasteiger partial charge on any atom is -0.497 e. The van der Waals surface area contributed by atoms with Crippen molar-refractivity contribution < 1.29 is 19.0 Å². The number of hydrogen-bond acceptors (Lipinski definition) is 4. The third-order valence-electron chi connectivity index (χ3n) is 3.87. The van der Waals surface area contributed by atoms with Gasteiger partial charge < -0.3 is 14.2 Å². The van der Waals surface area contributed by atoms with Gasteiger partial charge in [-0.05, 0) is 48.2 Å². The minimum atomic E-state index is -0.364. The second-order valence-electron chi connectivity index (χ2n) is 5.56. The lowest BCUT2D eigenvalue weighted by Crippen LogP contribution is -2.05. The lowest BCUT2D eigenvalue weighted by molar-refractivity contribution is 0.0526. The van der Waals surface area contributed by atoms with E-state index in [0.717, 1.165) is 22.1 Å². The molecule has 0 atom stereocenters. The maximum atomic E-state index is 12.2. The summed E-state index contributed by atoms with van der Waals surface area (Å²) in [4.78, 5) is 12.2. The van der Waals surface area contributed by atoms with Gasteiger partial charge in [-0.2, -0.15) is 0 Å². The van der Waals surface area contributed by atoms with Gasteiger partial charge in [-0.1, -0.05) is 30.3 Å². The summed E-state index contributed by atoms with van der Waals surface area (Å²) < 4.78 is 16.4. The molecule has 0 heterocycles. The van der Waals surface area contributed by atoms with Crippen LogP contribution in [0.5, 0.6) is 11.5 Å². The van der Waals surface area contributed by atoms with Crippen LogP contribution in [0.25, 0.3) is 10.8 Å². The smallest absolute Gasteiger partial charge is 0.338 e. The van der Waals surface area contributed by atoms with Crippen LogP contribution >= 0.6 is 0 Å². The van der Waals surface area contributed by atoms with E-state index in [9.17, 15) is 4.79 Å². The monoisotopic (exact) mass is 336 g/mol. The molecule has 3 rings (SSSR count). The van der Waals surface area contributed by atoms with Gasteiger partial charge in [-0.3, -0.25) is 0 Å². The largest absolute Gasteiger partial charge is 0.497 e. The molecule has 0 spiro atoms. The Hall–Kier alpha value is -3.01. The first-order valence-corrected chi connectivity index (χ1v) is 8.17. The van der Waals surface area contributed by atoms with E-state index in [2.05, 4.69) is 0 Å². The minimum absolute atomic E-state index is 0.329. The maximum Gasteiger partial charge on any atom is 0.338 e. The normalized spacial score (nSPS) is 10.5. The van der Waals surface area contributed by atoms with Crippen molar-refractivity contribution in [2.24, 2.45) is 0 Å². The molecule has 0 aliphatic heterocycles. The quantitative estimate of drug-likeness (QED) is 0.617. The molecule has 0 saturated carbocycles. The number of methoxy groups -OCH3 is 1. The van der Waals surface area contributed by atoms with Crippen LogP contribution in [0, 0.1) is 0 Å². The average molecular weight is 336 g/mol. The van der Waals surface area contributed by atoms with Gasteiger partial charge >= 0.3 is 5.97 Å². The fourth-order valence-electron chi connectivity index (χ4n) is 2.63. The summed E-state index contributed by atoms with van der Waals surface area (Å²) in [6, 6.07) is 19.1. The van der Waals surface area contributed by atoms with Gasteiger partial charge in [0.05, 0.1) is 19.3 Å². The van der Waals surface area contributed by atoms with Crippen molar-refractivity contribution in [2.45, 2.75) is 13.5 Å². The van der Waals surface area contributed by atoms with Crippen molar-refractivity contribution in [2.75, 3.05) is 13.7 Å². The molecule has 3 aromatic rings. The number of esters is 1. The van der Waals surface area contributed by atoms with E-state index in [0.29, 0.717) is 24.5 Å². The Morgan fingerprint density at radius 2 is 1.80 bits per heavy atom. The molecule has 0 bridgehead atoms. The van der Waals surface area contributed by atoms with Gasteiger partial charge in [0, 0.05) is 5.39 Å². The molecule has 0 radical (unpaired) electrons. The molecule has 0 N–H and O–H groups in total. The number of ether oxygens (including phenoxy) is 3. The zero-order chi connectivity index (χ0) is 17.6. The summed E-state index contributed by atoms with van der Waals surface area (Å²) in [6.07, 6.45) is 0. The number of hydrogen-bond donors (Lipinski definition) is 0. The molecular formula is C21H20O4. The third kappa shape index (κ3) is 3.91. The first-order chi connectivity index (χ1) is 12.2. The highest BCUT2D eigenvalue weighted by atomic mass is 16.5. The zero-order valence-corrected chi connectivity index (χ0v) is 14.3. The lowest BCUT2D eigenvalue weighted by atomic mass is 10.1. The summed E-state index contributed by atoms with van der Waals surface area (Å²) in [5.41, 5.74) is 1.52. The summed E-state index contributed by atoms with van der Waals surface area (Å²) in [6.45, 7) is 2.54. The SMILES string of the molecule is CCOC(=O)c1cc(OCc2ccccc2)c2ccc(OC)cc2c1. The second-order valence-corrected chi connectivity index (χ2v) is 5.56. The van der Waals surface area contributed by atoms with Crippen LogP contribution in [-0.2, 0) is 11.3 Å². The Bertz CT molecular complexity index is 872. The second kappa shape index (κ2) is 7.71. The number of fused-ring (bicyclic) bond motifs is 1. The fraction of sp³-hybridized carbons (Fsp3) is 0.190. The molecule has 128 valence electrons. The Kier molecular flexibility index (Phi) is 5.19. The first-order valence-electron chi connectivity index (χ1n) is 8.17. The molecule has 0 aromatic heterocycles. The molecule has 0 saturated heterocycles. The summed E-state index contributed by atoms with van der Waals surface area (Å²) in [5, 5.41) is 1.79. The van der Waals surface area contributed by atoms with Gasteiger partial charge in [0.2, 0.25) is 0 Å². The molecule has 25 heavy (non-hydrogen) atoms. The maximum absolute atomic E-state index is 12.2. The van der Waals surface area contributed by atoms with Crippen LogP contribution in [-0.4, -0.2) is 19.7 Å². The summed E-state index contributed by atoms with van der Waals surface area (Å²) >= 11 is 0. The van der Waals surface area contributed by atoms with E-state index in [4.69, 9.17) is 14.2 Å². The Labute approximate surface area is 146 Å². The van der Waals surface area contributed by atoms with Crippen molar-refractivity contribution in [1.82, 2.24) is 0 Å². The van der Waals surface area contributed by atoms with Crippen LogP contribution in [0.15, 0.2) is 60.7 Å². The van der Waals surface area contributed by atoms with Crippen LogP contribution in [0.2, 0.25) is 0 Å². The van der Waals surface area contributed by atoms with Crippen LogP contribution in [0.4, 0.5) is 0 Å². The van der Waals surface area contributed by atoms with Gasteiger partial charge in [0.15, 0.2) is 0 Å². The van der Waals surface area contributed by atoms with Gasteiger partial charge in [0.25, 0.3) is 0 Å². The van der Waals surface area contributed by atoms with Gasteiger partial charge in [0.1, 0.15) is 18.1 Å². The molecule has 3 aromatic carbocycles. The van der Waals surface area contributed by atoms with Crippen molar-refractivity contribution in [3.05, 3.63) is 71.8 Å². The van der Waals surface area contributed by atoms with E-state index in [1.54, 1.807) is 26.2 Å². The predicted octanol–water partition coefficient (Wildman–Crippen LogP) is 4.60. The molecule has 0 unspecified atom stereocenters. The molecular weight excluding hydrogens is 316 g/mol. The topological polar surface area (TPSA) is 44.8 Å². The van der Waals surface area contributed by atoms with Crippen molar-refractivity contribution in [3.8, 4) is 11.5 Å². The number of carbonyl (C=O) groups is 1. The summed E-state index contributed by atoms with van der Waals surface area (Å²) in [5.74, 6) is 1.01. The molecule has 0 amide bonds. The number of rotatable bonds is 6. The van der Waals surface area contributed by atoms with E-state index in [1.165, 1.54) is 0 Å². The van der Waals surface area contributed by atoms with Gasteiger partial charge in [-0.15, -0.1) is 0 Å². The van der Waals surface area contributed by atoms with Gasteiger partial charge in [-0.25, -0.2) is 4.79 Å². The predicted molar refractivity (Wildman–Crippen MR) is 97.2 cm³/mol. The standard InChI is InChI=1S/C21H20O4/c1-3-24-21(22)17-11-16-12-18(23-2)9-10-19(16)20(13-17)25-14-15-7-5-4-6-8-15/h4-13H,3,14H2,1-2H3. The van der Waals surface area contributed by atoms with E-state index in [1.807, 2.05) is 48.5 Å². The van der Waals surface area contributed by atoms with E-state index >= 15 is 0 Å². The number of carbonyl (C=O) groups excluding carboxylic acids is 1. The van der Waals surface area contributed by atoms with Crippen molar-refractivity contribution >= 4 is 16.7 Å². The Morgan fingerprint density at radius 1 is 1.00 bits per heavy atom. The van der Waals surface area contributed by atoms with Crippen LogP contribution in [0.1, 0.15) is 22.8 Å². The Morgan fingerprint density at radius 3 is 2.52 bits per heavy atom. The zero-order valence-electron chi connectivity index (χ0n) is 14.3. The summed E-state index contributed by atoms with van der Waals surface area (Å²) in [7, 11) is 1.61. The lowest BCUT2D eigenvalue weighted by Gasteiger charge is -2.13. The van der Waals surface area contributed by atoms with E-state index in [-0.39, 0.29) is 5.97 Å². The average Bonchev–Trinajstić information content (AvgIpc) is 2.66. The van der Waals surface area contributed by atoms with Crippen LogP contribution in [0.3, 0.4) is 0 Å². The van der Waals surface area contributed by atoms with Crippen LogP contribution < -0.4 is 9.47 Å². The highest BCUT2D eigenvalue weighted by Crippen LogP contribution is 2.31. The fourth-order valence-corrected chi connectivity index (χ4v) is 2.63. The highest BCUT2D eigenvalue weighted by molar-refractivity contribution is 5.98. The Balaban J connectivity index is 1.99. The van der Waals surface area contributed by atoms with Crippen molar-refractivity contribution in [1.29, 1.82) is 0 Å². The highest BCUT2D eigenvalue weighted by Gasteiger charge is 2.13. The first kappa shape index (κ1) is 16.8. The molecule has 0 aliphatic rings. The van der Waals surface area contributed by atoms with E-state index < -0.39 is 0 Å².